The number of ether oxygens (including phenoxy) is 1. The van der Waals surface area contributed by atoms with E-state index in [0.29, 0.717) is 12.5 Å². The lowest BCUT2D eigenvalue weighted by atomic mass is 10.1. The average molecular weight is 308 g/mol. The molecule has 1 aliphatic rings. The Kier molecular flexibility index (Phi) is 2.90. The first-order chi connectivity index (χ1) is 8.70. The molecule has 1 aliphatic carbocycles. The summed E-state index contributed by atoms with van der Waals surface area (Å²) in [5.41, 5.74) is 2.76. The molecule has 94 valence electrons. The lowest BCUT2D eigenvalue weighted by molar-refractivity contribution is 0.0527. The van der Waals surface area contributed by atoms with Crippen LogP contribution in [0.3, 0.4) is 0 Å². The van der Waals surface area contributed by atoms with Gasteiger partial charge in [-0.25, -0.2) is 4.79 Å². The summed E-state index contributed by atoms with van der Waals surface area (Å²) in [5.74, 6) is 0.277. The molecule has 0 bridgehead atoms. The van der Waals surface area contributed by atoms with Gasteiger partial charge in [-0.2, -0.15) is 0 Å². The van der Waals surface area contributed by atoms with E-state index in [9.17, 15) is 4.79 Å². The Morgan fingerprint density at radius 3 is 2.94 bits per heavy atom. The van der Waals surface area contributed by atoms with E-state index in [1.54, 1.807) is 0 Å². The third kappa shape index (κ3) is 1.94. The van der Waals surface area contributed by atoms with Gasteiger partial charge in [0.2, 0.25) is 0 Å². The van der Waals surface area contributed by atoms with Crippen molar-refractivity contribution in [3.05, 3.63) is 33.9 Å². The Balaban J connectivity index is 2.19. The van der Waals surface area contributed by atoms with Crippen LogP contribution >= 0.6 is 15.9 Å². The van der Waals surface area contributed by atoms with Gasteiger partial charge < -0.3 is 9.72 Å². The van der Waals surface area contributed by atoms with Crippen molar-refractivity contribution in [1.82, 2.24) is 4.98 Å². The summed E-state index contributed by atoms with van der Waals surface area (Å²) in [7, 11) is 0. The number of fused-ring (bicyclic) bond motifs is 1. The first kappa shape index (κ1) is 11.8. The van der Waals surface area contributed by atoms with Crippen molar-refractivity contribution < 1.29 is 9.53 Å². The van der Waals surface area contributed by atoms with Crippen LogP contribution in [-0.4, -0.2) is 17.6 Å². The monoisotopic (exact) mass is 307 g/mol. The Hall–Kier alpha value is -1.29. The van der Waals surface area contributed by atoms with Crippen molar-refractivity contribution in [2.45, 2.75) is 25.7 Å². The van der Waals surface area contributed by atoms with Crippen molar-refractivity contribution in [1.29, 1.82) is 0 Å². The molecular weight excluding hydrogens is 294 g/mol. The van der Waals surface area contributed by atoms with Gasteiger partial charge in [0.05, 0.1) is 12.2 Å². The molecule has 18 heavy (non-hydrogen) atoms. The number of nitrogens with one attached hydrogen (secondary N) is 1. The summed E-state index contributed by atoms with van der Waals surface area (Å²) in [6, 6.07) is 5.95. The van der Waals surface area contributed by atoms with Gasteiger partial charge in [0.1, 0.15) is 0 Å². The zero-order valence-corrected chi connectivity index (χ0v) is 11.7. The molecule has 0 aliphatic heterocycles. The summed E-state index contributed by atoms with van der Waals surface area (Å²) in [5, 5.41) is 0.949. The zero-order valence-electron chi connectivity index (χ0n) is 10.1. The lowest BCUT2D eigenvalue weighted by Gasteiger charge is -2.03. The molecule has 0 atom stereocenters. The summed E-state index contributed by atoms with van der Waals surface area (Å²) in [6.45, 7) is 2.24. The maximum absolute atomic E-state index is 12.1. The van der Waals surface area contributed by atoms with Gasteiger partial charge in [-0.3, -0.25) is 0 Å². The minimum absolute atomic E-state index is 0.219. The maximum Gasteiger partial charge on any atom is 0.340 e. The molecule has 1 saturated carbocycles. The quantitative estimate of drug-likeness (QED) is 0.871. The average Bonchev–Trinajstić information content (AvgIpc) is 3.11. The number of rotatable bonds is 3. The molecule has 0 saturated heterocycles. The highest BCUT2D eigenvalue weighted by Crippen LogP contribution is 2.43. The van der Waals surface area contributed by atoms with Gasteiger partial charge in [0.25, 0.3) is 0 Å². The Labute approximate surface area is 114 Å². The predicted molar refractivity (Wildman–Crippen MR) is 73.9 cm³/mol. The van der Waals surface area contributed by atoms with Crippen molar-refractivity contribution in [2.24, 2.45) is 0 Å². The highest BCUT2D eigenvalue weighted by Gasteiger charge is 2.31. The van der Waals surface area contributed by atoms with E-state index in [2.05, 4.69) is 20.9 Å². The SMILES string of the molecule is CCOC(=O)c1c(C2CC2)[nH]c2ccc(Br)cc12. The summed E-state index contributed by atoms with van der Waals surface area (Å²) >= 11 is 3.45. The molecule has 0 spiro atoms. The van der Waals surface area contributed by atoms with E-state index in [4.69, 9.17) is 4.74 Å². The first-order valence-corrected chi connectivity index (χ1v) is 6.98. The standard InChI is InChI=1S/C14H14BrNO2/c1-2-18-14(17)12-10-7-9(15)5-6-11(10)16-13(12)8-3-4-8/h5-8,16H,2-4H2,1H3. The number of benzene rings is 1. The van der Waals surface area contributed by atoms with E-state index in [1.165, 1.54) is 0 Å². The number of H-pyrrole nitrogens is 1. The normalized spacial score (nSPS) is 15.0. The van der Waals surface area contributed by atoms with Gasteiger partial charge in [0, 0.05) is 21.1 Å². The van der Waals surface area contributed by atoms with Gasteiger partial charge in [-0.05, 0) is 43.9 Å². The van der Waals surface area contributed by atoms with E-state index in [1.807, 2.05) is 25.1 Å². The fourth-order valence-electron chi connectivity index (χ4n) is 2.29. The van der Waals surface area contributed by atoms with E-state index in [0.717, 1.165) is 39.5 Å². The molecule has 1 fully saturated rings. The second-order valence-corrected chi connectivity index (χ2v) is 5.51. The Morgan fingerprint density at radius 2 is 2.28 bits per heavy atom. The molecule has 4 heteroatoms. The molecule has 1 N–H and O–H groups in total. The second kappa shape index (κ2) is 4.43. The van der Waals surface area contributed by atoms with Crippen molar-refractivity contribution in [3.63, 3.8) is 0 Å². The second-order valence-electron chi connectivity index (χ2n) is 4.60. The topological polar surface area (TPSA) is 42.1 Å². The molecule has 1 heterocycles. The Morgan fingerprint density at radius 1 is 1.50 bits per heavy atom. The maximum atomic E-state index is 12.1. The summed E-state index contributed by atoms with van der Waals surface area (Å²) in [4.78, 5) is 15.5. The van der Waals surface area contributed by atoms with Gasteiger partial charge in [-0.1, -0.05) is 15.9 Å². The van der Waals surface area contributed by atoms with Crippen LogP contribution in [-0.2, 0) is 4.74 Å². The molecule has 1 aromatic heterocycles. The zero-order chi connectivity index (χ0) is 12.7. The largest absolute Gasteiger partial charge is 0.462 e. The third-order valence-corrected chi connectivity index (χ3v) is 3.75. The Bertz CT molecular complexity index is 614. The van der Waals surface area contributed by atoms with Crippen LogP contribution < -0.4 is 0 Å². The van der Waals surface area contributed by atoms with Crippen LogP contribution in [0.1, 0.15) is 41.7 Å². The van der Waals surface area contributed by atoms with E-state index >= 15 is 0 Å². The number of hydrogen-bond acceptors (Lipinski definition) is 2. The van der Waals surface area contributed by atoms with Crippen molar-refractivity contribution >= 4 is 32.8 Å². The number of halogens is 1. The highest BCUT2D eigenvalue weighted by molar-refractivity contribution is 9.10. The molecule has 0 radical (unpaired) electrons. The summed E-state index contributed by atoms with van der Waals surface area (Å²) < 4.78 is 6.15. The summed E-state index contributed by atoms with van der Waals surface area (Å²) in [6.07, 6.45) is 2.31. The van der Waals surface area contributed by atoms with Crippen molar-refractivity contribution in [2.75, 3.05) is 6.61 Å². The number of carbonyl (C=O) groups is 1. The van der Waals surface area contributed by atoms with E-state index < -0.39 is 0 Å². The minimum Gasteiger partial charge on any atom is -0.462 e. The lowest BCUT2D eigenvalue weighted by Crippen LogP contribution is -2.06. The predicted octanol–water partition coefficient (Wildman–Crippen LogP) is 3.98. The molecule has 0 unspecified atom stereocenters. The smallest absolute Gasteiger partial charge is 0.340 e. The van der Waals surface area contributed by atoms with Crippen LogP contribution in [0.5, 0.6) is 0 Å². The molecule has 3 nitrogen and oxygen atoms in total. The van der Waals surface area contributed by atoms with Crippen LogP contribution in [0.2, 0.25) is 0 Å². The van der Waals surface area contributed by atoms with Crippen LogP contribution in [0.4, 0.5) is 0 Å². The number of hydrogen-bond donors (Lipinski definition) is 1. The van der Waals surface area contributed by atoms with Gasteiger partial charge in [0.15, 0.2) is 0 Å². The van der Waals surface area contributed by atoms with Crippen LogP contribution in [0.15, 0.2) is 22.7 Å². The highest BCUT2D eigenvalue weighted by atomic mass is 79.9. The fourth-order valence-corrected chi connectivity index (χ4v) is 2.65. The minimum atomic E-state index is -0.219. The number of esters is 1. The van der Waals surface area contributed by atoms with Gasteiger partial charge >= 0.3 is 5.97 Å². The number of aromatic nitrogens is 1. The molecule has 1 aromatic carbocycles. The fraction of sp³-hybridized carbons (Fsp3) is 0.357. The third-order valence-electron chi connectivity index (χ3n) is 3.25. The van der Waals surface area contributed by atoms with E-state index in [-0.39, 0.29) is 5.97 Å². The number of aromatic amines is 1. The molecular formula is C14H14BrNO2. The molecule has 3 rings (SSSR count). The van der Waals surface area contributed by atoms with Crippen LogP contribution in [0.25, 0.3) is 10.9 Å². The van der Waals surface area contributed by atoms with Gasteiger partial charge in [-0.15, -0.1) is 0 Å². The van der Waals surface area contributed by atoms with Crippen LogP contribution in [0, 0.1) is 0 Å². The molecule has 0 amide bonds. The van der Waals surface area contributed by atoms with Crippen molar-refractivity contribution in [3.8, 4) is 0 Å². The first-order valence-electron chi connectivity index (χ1n) is 6.19. The molecule has 2 aromatic rings. The number of carbonyl (C=O) groups excluding carboxylic acids is 1.